The average Bonchev–Trinajstić information content (AvgIpc) is 2.81. The molecule has 0 heterocycles. The van der Waals surface area contributed by atoms with E-state index in [0.717, 1.165) is 57.3 Å². The van der Waals surface area contributed by atoms with E-state index in [9.17, 15) is 31.4 Å². The van der Waals surface area contributed by atoms with E-state index < -0.39 is 23.9 Å². The van der Waals surface area contributed by atoms with Gasteiger partial charge in [0.1, 0.15) is 0 Å². The molecule has 4 aliphatic carbocycles. The molecule has 0 aromatic carbocycles. The van der Waals surface area contributed by atoms with Crippen LogP contribution >= 0.6 is 0 Å². The van der Waals surface area contributed by atoms with Crippen LogP contribution in [0.25, 0.3) is 0 Å². The van der Waals surface area contributed by atoms with Crippen molar-refractivity contribution in [3.63, 3.8) is 0 Å². The molecule has 4 rings (SSSR count). The molecule has 0 aromatic rings. The van der Waals surface area contributed by atoms with Gasteiger partial charge in [0.25, 0.3) is 0 Å². The maximum absolute atomic E-state index is 13.1. The van der Waals surface area contributed by atoms with Gasteiger partial charge in [-0.1, -0.05) is 52.0 Å². The molecule has 0 amide bonds. The van der Waals surface area contributed by atoms with Crippen molar-refractivity contribution in [2.24, 2.45) is 41.4 Å². The van der Waals surface area contributed by atoms with Crippen LogP contribution in [-0.2, 0) is 0 Å². The van der Waals surface area contributed by atoms with Crippen molar-refractivity contribution in [1.29, 1.82) is 0 Å². The molecule has 3 saturated carbocycles. The molecule has 0 aliphatic heterocycles. The Morgan fingerprint density at radius 1 is 0.649 bits per heavy atom. The SMILES string of the molecule is CC1=C(C(F)(F)F)CC(C2CCC(C)CC2)CC1.CC1CCC(C2CCC(C)C(O)(C(F)(F)F)C2)CC1. The van der Waals surface area contributed by atoms with Crippen LogP contribution in [0.5, 0.6) is 0 Å². The van der Waals surface area contributed by atoms with Crippen molar-refractivity contribution in [1.82, 2.24) is 0 Å². The molecule has 0 bridgehead atoms. The van der Waals surface area contributed by atoms with Crippen LogP contribution in [0.15, 0.2) is 11.1 Å². The maximum Gasteiger partial charge on any atom is 0.417 e. The third kappa shape index (κ3) is 7.69. The molecule has 3 fully saturated rings. The monoisotopic (exact) mass is 538 g/mol. The van der Waals surface area contributed by atoms with Gasteiger partial charge in [0.05, 0.1) is 0 Å². The molecule has 216 valence electrons. The highest BCUT2D eigenvalue weighted by Crippen LogP contribution is 2.51. The zero-order valence-electron chi connectivity index (χ0n) is 23.2. The molecule has 4 aliphatic rings. The van der Waals surface area contributed by atoms with E-state index in [2.05, 4.69) is 13.8 Å². The Bertz CT molecular complexity index is 755. The van der Waals surface area contributed by atoms with Gasteiger partial charge in [0, 0.05) is 5.57 Å². The first-order chi connectivity index (χ1) is 17.1. The van der Waals surface area contributed by atoms with Crippen LogP contribution in [0.2, 0.25) is 0 Å². The zero-order valence-corrected chi connectivity index (χ0v) is 23.2. The summed E-state index contributed by atoms with van der Waals surface area (Å²) in [6, 6.07) is 0. The molecule has 37 heavy (non-hydrogen) atoms. The van der Waals surface area contributed by atoms with Crippen molar-refractivity contribution in [2.45, 2.75) is 136 Å². The van der Waals surface area contributed by atoms with Gasteiger partial charge in [-0.15, -0.1) is 0 Å². The van der Waals surface area contributed by atoms with Crippen molar-refractivity contribution in [3.8, 4) is 0 Å². The summed E-state index contributed by atoms with van der Waals surface area (Å²) in [5, 5.41) is 10.1. The quantitative estimate of drug-likeness (QED) is 0.274. The van der Waals surface area contributed by atoms with Crippen molar-refractivity contribution < 1.29 is 31.4 Å². The lowest BCUT2D eigenvalue weighted by Crippen LogP contribution is -2.54. The van der Waals surface area contributed by atoms with Crippen LogP contribution in [0.1, 0.15) is 118 Å². The summed E-state index contributed by atoms with van der Waals surface area (Å²) in [6.07, 6.45) is 3.53. The van der Waals surface area contributed by atoms with E-state index in [1.54, 1.807) is 6.92 Å². The summed E-state index contributed by atoms with van der Waals surface area (Å²) in [5.41, 5.74) is -2.11. The third-order valence-electron chi connectivity index (χ3n) is 10.5. The fourth-order valence-electron chi connectivity index (χ4n) is 7.57. The van der Waals surface area contributed by atoms with Crippen molar-refractivity contribution in [2.75, 3.05) is 0 Å². The van der Waals surface area contributed by atoms with Gasteiger partial charge in [0.15, 0.2) is 5.60 Å². The summed E-state index contributed by atoms with van der Waals surface area (Å²) >= 11 is 0. The smallest absolute Gasteiger partial charge is 0.380 e. The second-order valence-corrected chi connectivity index (χ2v) is 13.2. The Morgan fingerprint density at radius 3 is 1.57 bits per heavy atom. The minimum Gasteiger partial charge on any atom is -0.380 e. The Labute approximate surface area is 219 Å². The van der Waals surface area contributed by atoms with Gasteiger partial charge in [-0.05, 0) is 113 Å². The van der Waals surface area contributed by atoms with Crippen LogP contribution in [-0.4, -0.2) is 23.1 Å². The van der Waals surface area contributed by atoms with Crippen molar-refractivity contribution in [3.05, 3.63) is 11.1 Å². The Hall–Kier alpha value is -0.720. The highest BCUT2D eigenvalue weighted by atomic mass is 19.4. The highest BCUT2D eigenvalue weighted by molar-refractivity contribution is 5.21. The number of hydrogen-bond acceptors (Lipinski definition) is 1. The summed E-state index contributed by atoms with van der Waals surface area (Å²) < 4.78 is 78.2. The highest BCUT2D eigenvalue weighted by Gasteiger charge is 2.59. The number of aliphatic hydroxyl groups is 1. The Balaban J connectivity index is 0.000000206. The molecular formula is C30H48F6O. The Morgan fingerprint density at radius 2 is 1.11 bits per heavy atom. The number of rotatable bonds is 2. The number of alkyl halides is 6. The zero-order chi connectivity index (χ0) is 27.6. The predicted octanol–water partition coefficient (Wildman–Crippen LogP) is 10.0. The minimum absolute atomic E-state index is 0.0512. The van der Waals surface area contributed by atoms with Gasteiger partial charge in [-0.25, -0.2) is 0 Å². The average molecular weight is 539 g/mol. The van der Waals surface area contributed by atoms with Crippen molar-refractivity contribution >= 4 is 0 Å². The maximum atomic E-state index is 13.1. The first kappa shape index (κ1) is 30.8. The lowest BCUT2D eigenvalue weighted by molar-refractivity contribution is -0.293. The standard InChI is InChI=1S/C15H25F3O.C15H23F3/c1-10-3-6-12(7-4-10)13-8-5-11(2)14(19,9-13)15(16,17)18;1-10-3-6-12(7-4-10)13-8-5-11(2)14(9-13)15(16,17)18/h10-13,19H,3-9H2,1-2H3;10,12-13H,3-9H2,1-2H3. The summed E-state index contributed by atoms with van der Waals surface area (Å²) in [6.45, 7) is 7.65. The lowest BCUT2D eigenvalue weighted by atomic mass is 9.64. The normalized spacial score (nSPS) is 40.1. The molecular weight excluding hydrogens is 490 g/mol. The second kappa shape index (κ2) is 12.2. The van der Waals surface area contributed by atoms with E-state index in [1.165, 1.54) is 19.8 Å². The molecule has 0 spiro atoms. The van der Waals surface area contributed by atoms with Gasteiger partial charge >= 0.3 is 12.4 Å². The van der Waals surface area contributed by atoms with E-state index in [4.69, 9.17) is 0 Å². The topological polar surface area (TPSA) is 20.2 Å². The van der Waals surface area contributed by atoms with Crippen LogP contribution in [0.4, 0.5) is 26.3 Å². The molecule has 1 nitrogen and oxygen atoms in total. The third-order valence-corrected chi connectivity index (χ3v) is 10.5. The summed E-state index contributed by atoms with van der Waals surface area (Å²) in [5.74, 6) is 2.05. The minimum atomic E-state index is -4.49. The van der Waals surface area contributed by atoms with Crippen LogP contribution in [0, 0.1) is 41.4 Å². The largest absolute Gasteiger partial charge is 0.417 e. The molecule has 1 N–H and O–H groups in total. The van der Waals surface area contributed by atoms with E-state index in [0.29, 0.717) is 36.2 Å². The Kier molecular flexibility index (Phi) is 10.2. The number of hydrogen-bond donors (Lipinski definition) is 1. The summed E-state index contributed by atoms with van der Waals surface area (Å²) in [4.78, 5) is 0. The molecule has 0 saturated heterocycles. The first-order valence-electron chi connectivity index (χ1n) is 14.7. The predicted molar refractivity (Wildman–Crippen MR) is 136 cm³/mol. The fraction of sp³-hybridized carbons (Fsp3) is 0.933. The van der Waals surface area contributed by atoms with Crippen LogP contribution < -0.4 is 0 Å². The van der Waals surface area contributed by atoms with Gasteiger partial charge < -0.3 is 5.11 Å². The molecule has 0 radical (unpaired) electrons. The molecule has 4 unspecified atom stereocenters. The first-order valence-corrected chi connectivity index (χ1v) is 14.7. The van der Waals surface area contributed by atoms with Crippen LogP contribution in [0.3, 0.4) is 0 Å². The van der Waals surface area contributed by atoms with E-state index in [-0.39, 0.29) is 30.3 Å². The number of halogens is 6. The molecule has 4 atom stereocenters. The molecule has 7 heteroatoms. The second-order valence-electron chi connectivity index (χ2n) is 13.2. The lowest BCUT2D eigenvalue weighted by Gasteiger charge is -2.46. The summed E-state index contributed by atoms with van der Waals surface area (Å²) in [7, 11) is 0. The van der Waals surface area contributed by atoms with Gasteiger partial charge in [0.2, 0.25) is 0 Å². The molecule has 0 aromatic heterocycles. The van der Waals surface area contributed by atoms with Gasteiger partial charge in [-0.3, -0.25) is 0 Å². The number of allylic oxidation sites excluding steroid dienone is 2. The van der Waals surface area contributed by atoms with E-state index in [1.807, 2.05) is 0 Å². The van der Waals surface area contributed by atoms with E-state index >= 15 is 0 Å². The van der Waals surface area contributed by atoms with Gasteiger partial charge in [-0.2, -0.15) is 26.3 Å². The fourth-order valence-corrected chi connectivity index (χ4v) is 7.57.